The van der Waals surface area contributed by atoms with Crippen LogP contribution in [0.4, 0.5) is 0 Å². The maximum atomic E-state index is 5.14. The zero-order valence-corrected chi connectivity index (χ0v) is 25.5. The number of nitrogens with zero attached hydrogens (tertiary/aromatic N) is 3. The van der Waals surface area contributed by atoms with Crippen molar-refractivity contribution in [3.05, 3.63) is 152 Å². The second-order valence-corrected chi connectivity index (χ2v) is 12.9. The van der Waals surface area contributed by atoms with Crippen LogP contribution >= 0.6 is 11.3 Å². The number of para-hydroxylation sites is 2. The lowest BCUT2D eigenvalue weighted by Crippen LogP contribution is -1.97. The SMILES string of the molecule is c1ccc(-c2nc3ccccc3nc2-c2ccc(-n3c4cc5sc6ccccc6c5cc4c4c5ccccc5ccc43)cc2)cc1. The van der Waals surface area contributed by atoms with Gasteiger partial charge in [0.15, 0.2) is 0 Å². The highest BCUT2D eigenvalue weighted by molar-refractivity contribution is 7.25. The Balaban J connectivity index is 1.22. The van der Waals surface area contributed by atoms with Gasteiger partial charge in [-0.2, -0.15) is 0 Å². The number of fused-ring (bicyclic) bond motifs is 9. The number of thiophene rings is 1. The van der Waals surface area contributed by atoms with Crippen LogP contribution in [0.25, 0.3) is 92.0 Å². The van der Waals surface area contributed by atoms with Gasteiger partial charge < -0.3 is 4.57 Å². The third-order valence-corrected chi connectivity index (χ3v) is 10.3. The molecule has 3 nitrogen and oxygen atoms in total. The monoisotopic (exact) mass is 603 g/mol. The van der Waals surface area contributed by atoms with E-state index in [1.54, 1.807) is 0 Å². The molecule has 0 saturated carbocycles. The van der Waals surface area contributed by atoms with Crippen LogP contribution in [0.2, 0.25) is 0 Å². The minimum absolute atomic E-state index is 0.886. The molecule has 214 valence electrons. The van der Waals surface area contributed by atoms with E-state index in [-0.39, 0.29) is 0 Å². The van der Waals surface area contributed by atoms with Crippen LogP contribution in [0.15, 0.2) is 152 Å². The molecule has 0 spiro atoms. The van der Waals surface area contributed by atoms with E-state index in [1.165, 1.54) is 52.8 Å². The lowest BCUT2D eigenvalue weighted by Gasteiger charge is -2.12. The predicted octanol–water partition coefficient (Wildman–Crippen LogP) is 11.6. The number of aromatic nitrogens is 3. The number of hydrogen-bond acceptors (Lipinski definition) is 3. The summed E-state index contributed by atoms with van der Waals surface area (Å²) in [4.78, 5) is 10.2. The molecule has 0 radical (unpaired) electrons. The fourth-order valence-electron chi connectivity index (χ4n) is 7.05. The van der Waals surface area contributed by atoms with Crippen LogP contribution in [0.5, 0.6) is 0 Å². The smallest absolute Gasteiger partial charge is 0.0973 e. The van der Waals surface area contributed by atoms with Gasteiger partial charge in [-0.15, -0.1) is 11.3 Å². The van der Waals surface area contributed by atoms with Crippen molar-refractivity contribution in [2.45, 2.75) is 0 Å². The lowest BCUT2D eigenvalue weighted by molar-refractivity contribution is 1.18. The van der Waals surface area contributed by atoms with Gasteiger partial charge in [-0.3, -0.25) is 0 Å². The minimum atomic E-state index is 0.886. The number of benzene rings is 7. The van der Waals surface area contributed by atoms with Crippen LogP contribution in [-0.2, 0) is 0 Å². The maximum absolute atomic E-state index is 5.14. The standard InChI is InChI=1S/C42H25N3S/c1-2-11-27(12-3-1)41-42(44-35-16-8-7-15-34(35)43-41)28-18-21-29(22-19-28)45-36-23-20-26-10-4-5-13-30(26)40(36)33-24-32-31-14-6-9-17-38(31)46-39(32)25-37(33)45/h1-25H. The van der Waals surface area contributed by atoms with Crippen molar-refractivity contribution in [2.24, 2.45) is 0 Å². The summed E-state index contributed by atoms with van der Waals surface area (Å²) in [6.07, 6.45) is 0. The third-order valence-electron chi connectivity index (χ3n) is 9.17. The molecular weight excluding hydrogens is 579 g/mol. The van der Waals surface area contributed by atoms with Crippen molar-refractivity contribution in [1.82, 2.24) is 14.5 Å². The first-order valence-electron chi connectivity index (χ1n) is 15.5. The minimum Gasteiger partial charge on any atom is -0.309 e. The number of rotatable bonds is 3. The average molecular weight is 604 g/mol. The quantitative estimate of drug-likeness (QED) is 0.201. The molecule has 0 aliphatic rings. The average Bonchev–Trinajstić information content (AvgIpc) is 3.65. The summed E-state index contributed by atoms with van der Waals surface area (Å²) in [6.45, 7) is 0. The van der Waals surface area contributed by atoms with E-state index in [0.29, 0.717) is 0 Å². The zero-order valence-electron chi connectivity index (χ0n) is 24.7. The van der Waals surface area contributed by atoms with Gasteiger partial charge in [0.25, 0.3) is 0 Å². The molecule has 0 N–H and O–H groups in total. The molecule has 0 aliphatic heterocycles. The molecule has 3 heterocycles. The van der Waals surface area contributed by atoms with Gasteiger partial charge in [-0.05, 0) is 59.3 Å². The summed E-state index contributed by atoms with van der Waals surface area (Å²) in [7, 11) is 0. The van der Waals surface area contributed by atoms with E-state index in [9.17, 15) is 0 Å². The van der Waals surface area contributed by atoms with Crippen LogP contribution in [-0.4, -0.2) is 14.5 Å². The van der Waals surface area contributed by atoms with E-state index in [2.05, 4.69) is 126 Å². The third kappa shape index (κ3) is 3.77. The summed E-state index contributed by atoms with van der Waals surface area (Å²) in [5, 5.41) is 7.74. The van der Waals surface area contributed by atoms with Crippen molar-refractivity contribution >= 4 is 75.1 Å². The van der Waals surface area contributed by atoms with Crippen LogP contribution in [0.1, 0.15) is 0 Å². The maximum Gasteiger partial charge on any atom is 0.0973 e. The molecule has 3 aromatic heterocycles. The predicted molar refractivity (Wildman–Crippen MR) is 195 cm³/mol. The molecule has 0 amide bonds. The Morgan fingerprint density at radius 3 is 1.87 bits per heavy atom. The molecule has 4 heteroatoms. The normalized spacial score (nSPS) is 11.9. The molecule has 0 bridgehead atoms. The molecule has 0 aliphatic carbocycles. The van der Waals surface area contributed by atoms with Gasteiger partial charge in [-0.25, -0.2) is 9.97 Å². The Kier molecular flexibility index (Phi) is 5.45. The van der Waals surface area contributed by atoms with Gasteiger partial charge in [0.1, 0.15) is 0 Å². The summed E-state index contributed by atoms with van der Waals surface area (Å²) >= 11 is 1.87. The Hall–Kier alpha value is -5.84. The van der Waals surface area contributed by atoms with Crippen molar-refractivity contribution < 1.29 is 0 Å². The molecule has 10 rings (SSSR count). The molecule has 7 aromatic carbocycles. The second kappa shape index (κ2) is 9.83. The highest BCUT2D eigenvalue weighted by Gasteiger charge is 2.19. The first-order chi connectivity index (χ1) is 22.8. The molecule has 0 fully saturated rings. The van der Waals surface area contributed by atoms with Gasteiger partial charge in [-0.1, -0.05) is 103 Å². The number of hydrogen-bond donors (Lipinski definition) is 0. The summed E-state index contributed by atoms with van der Waals surface area (Å²) in [5.41, 5.74) is 9.20. The molecule has 0 saturated heterocycles. The van der Waals surface area contributed by atoms with Crippen LogP contribution < -0.4 is 0 Å². The van der Waals surface area contributed by atoms with Crippen molar-refractivity contribution in [2.75, 3.05) is 0 Å². The summed E-state index contributed by atoms with van der Waals surface area (Å²) < 4.78 is 5.05. The van der Waals surface area contributed by atoms with Gasteiger partial charge in [0.2, 0.25) is 0 Å². The largest absolute Gasteiger partial charge is 0.309 e. The highest BCUT2D eigenvalue weighted by atomic mass is 32.1. The second-order valence-electron chi connectivity index (χ2n) is 11.8. The molecule has 10 aromatic rings. The Bertz CT molecular complexity index is 2790. The fourth-order valence-corrected chi connectivity index (χ4v) is 8.17. The van der Waals surface area contributed by atoms with E-state index < -0.39 is 0 Å². The highest BCUT2D eigenvalue weighted by Crippen LogP contribution is 2.43. The van der Waals surface area contributed by atoms with Crippen molar-refractivity contribution in [3.8, 4) is 28.2 Å². The Labute approximate surface area is 268 Å². The van der Waals surface area contributed by atoms with Gasteiger partial charge in [0, 0.05) is 47.8 Å². The van der Waals surface area contributed by atoms with E-state index in [4.69, 9.17) is 9.97 Å². The van der Waals surface area contributed by atoms with Gasteiger partial charge >= 0.3 is 0 Å². The molecule has 0 unspecified atom stereocenters. The van der Waals surface area contributed by atoms with Gasteiger partial charge in [0.05, 0.1) is 33.5 Å². The van der Waals surface area contributed by atoms with Crippen molar-refractivity contribution in [1.29, 1.82) is 0 Å². The molecular formula is C42H25N3S. The van der Waals surface area contributed by atoms with E-state index >= 15 is 0 Å². The van der Waals surface area contributed by atoms with Crippen molar-refractivity contribution in [3.63, 3.8) is 0 Å². The Morgan fingerprint density at radius 1 is 0.435 bits per heavy atom. The molecule has 46 heavy (non-hydrogen) atoms. The lowest BCUT2D eigenvalue weighted by atomic mass is 10.0. The summed E-state index contributed by atoms with van der Waals surface area (Å²) in [6, 6.07) is 54.1. The zero-order chi connectivity index (χ0) is 30.2. The first-order valence-corrected chi connectivity index (χ1v) is 16.3. The Morgan fingerprint density at radius 2 is 1.09 bits per heavy atom. The van der Waals surface area contributed by atoms with Crippen LogP contribution in [0, 0.1) is 0 Å². The molecule has 0 atom stereocenters. The van der Waals surface area contributed by atoms with E-state index in [1.807, 2.05) is 41.7 Å². The van der Waals surface area contributed by atoms with Crippen LogP contribution in [0.3, 0.4) is 0 Å². The topological polar surface area (TPSA) is 30.7 Å². The first kappa shape index (κ1) is 25.5. The summed E-state index contributed by atoms with van der Waals surface area (Å²) in [5.74, 6) is 0. The van der Waals surface area contributed by atoms with E-state index in [0.717, 1.165) is 39.2 Å². The fraction of sp³-hybridized carbons (Fsp3) is 0.